The van der Waals surface area contributed by atoms with Gasteiger partial charge < -0.3 is 19.5 Å². The van der Waals surface area contributed by atoms with Crippen LogP contribution in [0.1, 0.15) is 31.5 Å². The van der Waals surface area contributed by atoms with Gasteiger partial charge in [-0.25, -0.2) is 9.97 Å². The number of hydrogen-bond acceptors (Lipinski definition) is 6. The fourth-order valence-electron chi connectivity index (χ4n) is 3.90. The summed E-state index contributed by atoms with van der Waals surface area (Å²) in [5.74, 6) is 0.207. The summed E-state index contributed by atoms with van der Waals surface area (Å²) in [6.07, 6.45) is -1.83. The van der Waals surface area contributed by atoms with Gasteiger partial charge in [-0.2, -0.15) is 13.2 Å². The van der Waals surface area contributed by atoms with Crippen molar-refractivity contribution in [3.05, 3.63) is 66.1 Å². The molecule has 0 radical (unpaired) electrons. The third kappa shape index (κ3) is 6.46. The van der Waals surface area contributed by atoms with Gasteiger partial charge in [0, 0.05) is 37.6 Å². The lowest BCUT2D eigenvalue weighted by atomic mass is 9.89. The van der Waals surface area contributed by atoms with Crippen LogP contribution in [0.5, 0.6) is 0 Å². The first-order valence-corrected chi connectivity index (χ1v) is 11.9. The number of hydrogen-bond donors (Lipinski definition) is 1. The molecule has 37 heavy (non-hydrogen) atoms. The van der Waals surface area contributed by atoms with Crippen LogP contribution in [0.15, 0.2) is 54.9 Å². The van der Waals surface area contributed by atoms with Crippen molar-refractivity contribution < 1.29 is 27.5 Å². The van der Waals surface area contributed by atoms with Crippen LogP contribution in [0.25, 0.3) is 11.4 Å². The van der Waals surface area contributed by atoms with E-state index in [1.165, 1.54) is 6.20 Å². The van der Waals surface area contributed by atoms with Crippen LogP contribution in [0.4, 0.5) is 19.0 Å². The largest absolute Gasteiger partial charge is 0.460 e. The van der Waals surface area contributed by atoms with Crippen LogP contribution in [0.2, 0.25) is 0 Å². The number of nitrogens with one attached hydrogen (secondary N) is 1. The number of halogens is 3. The maximum Gasteiger partial charge on any atom is 0.434 e. The summed E-state index contributed by atoms with van der Waals surface area (Å²) in [6.45, 7) is 5.36. The molecule has 4 rings (SSSR count). The number of carbonyl (C=O) groups excluding carboxylic acids is 2. The normalized spacial score (nSPS) is 14.7. The third-order valence-electron chi connectivity index (χ3n) is 6.30. The predicted octanol–water partition coefficient (Wildman–Crippen LogP) is 4.30. The molecule has 3 heterocycles. The quantitative estimate of drug-likeness (QED) is 0.450. The number of pyridine rings is 1. The molecule has 0 spiro atoms. The van der Waals surface area contributed by atoms with Gasteiger partial charge in [0.1, 0.15) is 18.2 Å². The number of carbonyl (C=O) groups is 2. The van der Waals surface area contributed by atoms with Crippen molar-refractivity contribution in [2.24, 2.45) is 5.41 Å². The molecule has 0 atom stereocenters. The molecule has 1 aromatic carbocycles. The molecule has 1 saturated heterocycles. The van der Waals surface area contributed by atoms with Crippen molar-refractivity contribution in [2.75, 3.05) is 31.1 Å². The zero-order valence-corrected chi connectivity index (χ0v) is 20.6. The number of nitrogens with zero attached hydrogens (tertiary/aromatic N) is 4. The number of amides is 1. The Balaban J connectivity index is 1.28. The van der Waals surface area contributed by atoms with E-state index in [1.54, 1.807) is 17.0 Å². The van der Waals surface area contributed by atoms with E-state index in [-0.39, 0.29) is 30.9 Å². The lowest BCUT2D eigenvalue weighted by molar-refractivity contribution is -0.156. The second kappa shape index (κ2) is 10.6. The smallest absolute Gasteiger partial charge is 0.434 e. The molecular formula is C26H28F3N5O3. The van der Waals surface area contributed by atoms with E-state index in [9.17, 15) is 22.8 Å². The van der Waals surface area contributed by atoms with Crippen molar-refractivity contribution in [3.8, 4) is 11.4 Å². The number of H-pyrrole nitrogens is 1. The summed E-state index contributed by atoms with van der Waals surface area (Å²) < 4.78 is 43.8. The van der Waals surface area contributed by atoms with E-state index < -0.39 is 17.3 Å². The Morgan fingerprint density at radius 2 is 1.86 bits per heavy atom. The average Bonchev–Trinajstić information content (AvgIpc) is 3.38. The molecule has 0 unspecified atom stereocenters. The van der Waals surface area contributed by atoms with Crippen LogP contribution in [-0.2, 0) is 27.1 Å². The van der Waals surface area contributed by atoms with E-state index in [0.717, 1.165) is 11.8 Å². The van der Waals surface area contributed by atoms with E-state index >= 15 is 0 Å². The number of imidazole rings is 1. The van der Waals surface area contributed by atoms with Crippen molar-refractivity contribution in [2.45, 2.75) is 33.1 Å². The second-order valence-electron chi connectivity index (χ2n) is 9.54. The number of ether oxygens (including phenoxy) is 1. The number of anilines is 1. The highest BCUT2D eigenvalue weighted by Gasteiger charge is 2.34. The molecule has 3 aromatic rings. The van der Waals surface area contributed by atoms with E-state index in [4.69, 9.17) is 4.74 Å². The minimum absolute atomic E-state index is 0.0668. The summed E-state index contributed by atoms with van der Waals surface area (Å²) in [6, 6.07) is 12.7. The molecule has 1 aliphatic rings. The first kappa shape index (κ1) is 26.2. The highest BCUT2D eigenvalue weighted by atomic mass is 19.4. The number of rotatable bonds is 8. The Bertz CT molecular complexity index is 1230. The molecule has 0 saturated carbocycles. The van der Waals surface area contributed by atoms with Gasteiger partial charge in [-0.15, -0.1) is 0 Å². The second-order valence-corrected chi connectivity index (χ2v) is 9.54. The Hall–Kier alpha value is -3.89. The Morgan fingerprint density at radius 3 is 2.49 bits per heavy atom. The highest BCUT2D eigenvalue weighted by molar-refractivity contribution is 5.82. The number of esters is 1. The number of alkyl halides is 3. The van der Waals surface area contributed by atoms with Crippen molar-refractivity contribution in [1.82, 2.24) is 19.9 Å². The average molecular weight is 516 g/mol. The lowest BCUT2D eigenvalue weighted by Gasteiger charge is -2.36. The number of aromatic nitrogens is 3. The standard InChI is InChI=1S/C26H28F3N5O3/c1-25(2,24(36)37-17-18-6-4-3-5-7-18)10-11-33-12-13-34(16-22(33)35)21-9-8-19(14-30-21)23-31-15-20(32-23)26(27,28)29/h3-9,14-15H,10-13,16-17H2,1-2H3,(H,31,32). The van der Waals surface area contributed by atoms with Crippen LogP contribution in [0, 0.1) is 5.41 Å². The maximum absolute atomic E-state index is 12.8. The summed E-state index contributed by atoms with van der Waals surface area (Å²) in [5, 5.41) is 0. The molecular weight excluding hydrogens is 487 g/mol. The molecule has 196 valence electrons. The van der Waals surface area contributed by atoms with Gasteiger partial charge in [-0.3, -0.25) is 9.59 Å². The van der Waals surface area contributed by atoms with Gasteiger partial charge >= 0.3 is 12.1 Å². The van der Waals surface area contributed by atoms with Gasteiger partial charge in [-0.1, -0.05) is 30.3 Å². The zero-order chi connectivity index (χ0) is 26.6. The van der Waals surface area contributed by atoms with Crippen molar-refractivity contribution in [1.29, 1.82) is 0 Å². The van der Waals surface area contributed by atoms with Crippen LogP contribution in [0.3, 0.4) is 0 Å². The fraction of sp³-hybridized carbons (Fsp3) is 0.385. The van der Waals surface area contributed by atoms with Gasteiger partial charge in [-0.05, 0) is 38.0 Å². The summed E-state index contributed by atoms with van der Waals surface area (Å²) in [7, 11) is 0. The molecule has 1 fully saturated rings. The maximum atomic E-state index is 12.8. The van der Waals surface area contributed by atoms with E-state index in [0.29, 0.717) is 37.4 Å². The first-order chi connectivity index (χ1) is 17.5. The molecule has 1 N–H and O–H groups in total. The van der Waals surface area contributed by atoms with Crippen LogP contribution < -0.4 is 4.90 Å². The minimum atomic E-state index is -4.53. The number of benzene rings is 1. The SMILES string of the molecule is CC(C)(CCN1CCN(c2ccc(-c3nc(C(F)(F)F)c[nH]3)cn2)CC1=O)C(=O)OCc1ccccc1. The summed E-state index contributed by atoms with van der Waals surface area (Å²) in [5.41, 5.74) is -0.428. The zero-order valence-electron chi connectivity index (χ0n) is 20.6. The molecule has 1 amide bonds. The minimum Gasteiger partial charge on any atom is -0.460 e. The topological polar surface area (TPSA) is 91.4 Å². The third-order valence-corrected chi connectivity index (χ3v) is 6.30. The molecule has 8 nitrogen and oxygen atoms in total. The Kier molecular flexibility index (Phi) is 7.51. The van der Waals surface area contributed by atoms with Gasteiger partial charge in [0.05, 0.1) is 12.0 Å². The predicted molar refractivity (Wildman–Crippen MR) is 130 cm³/mol. The number of aromatic amines is 1. The highest BCUT2D eigenvalue weighted by Crippen LogP contribution is 2.30. The van der Waals surface area contributed by atoms with Crippen LogP contribution in [-0.4, -0.2) is 57.9 Å². The van der Waals surface area contributed by atoms with Crippen molar-refractivity contribution >= 4 is 17.7 Å². The van der Waals surface area contributed by atoms with Crippen molar-refractivity contribution in [3.63, 3.8) is 0 Å². The molecule has 2 aromatic heterocycles. The first-order valence-electron chi connectivity index (χ1n) is 11.9. The monoisotopic (exact) mass is 515 g/mol. The fourth-order valence-corrected chi connectivity index (χ4v) is 3.90. The Labute approximate surface area is 212 Å². The molecule has 1 aliphatic heterocycles. The van der Waals surface area contributed by atoms with Gasteiger partial charge in [0.2, 0.25) is 5.91 Å². The summed E-state index contributed by atoms with van der Waals surface area (Å²) in [4.78, 5) is 39.3. The van der Waals surface area contributed by atoms with Gasteiger partial charge in [0.15, 0.2) is 5.69 Å². The molecule has 0 aliphatic carbocycles. The molecule has 0 bridgehead atoms. The van der Waals surface area contributed by atoms with Crippen LogP contribution >= 0.6 is 0 Å². The van der Waals surface area contributed by atoms with Gasteiger partial charge in [0.25, 0.3) is 0 Å². The Morgan fingerprint density at radius 1 is 1.11 bits per heavy atom. The van der Waals surface area contributed by atoms with E-state index in [2.05, 4.69) is 15.0 Å². The van der Waals surface area contributed by atoms with E-state index in [1.807, 2.05) is 49.1 Å². The lowest BCUT2D eigenvalue weighted by Crippen LogP contribution is -2.51. The number of piperazine rings is 1. The molecule has 11 heteroatoms. The summed E-state index contributed by atoms with van der Waals surface area (Å²) >= 11 is 0.